The van der Waals surface area contributed by atoms with Gasteiger partial charge in [-0.2, -0.15) is 8.42 Å². The third kappa shape index (κ3) is 2.87. The van der Waals surface area contributed by atoms with Gasteiger partial charge in [-0.15, -0.1) is 0 Å². The fourth-order valence-corrected chi connectivity index (χ4v) is 2.93. The van der Waals surface area contributed by atoms with Crippen LogP contribution in [0.3, 0.4) is 0 Å². The average Bonchev–Trinajstić information content (AvgIpc) is 2.57. The summed E-state index contributed by atoms with van der Waals surface area (Å²) in [6, 6.07) is 0. The first-order valence-electron chi connectivity index (χ1n) is 5.14. The number of halogens is 1. The highest BCUT2D eigenvalue weighted by Crippen LogP contribution is 2.46. The van der Waals surface area contributed by atoms with Crippen LogP contribution in [0.1, 0.15) is 32.6 Å². The molecule has 5 nitrogen and oxygen atoms in total. The van der Waals surface area contributed by atoms with E-state index in [9.17, 15) is 18.3 Å². The number of hydrogen-bond donors (Lipinski definition) is 1. The molecule has 0 aromatic rings. The van der Waals surface area contributed by atoms with Crippen LogP contribution in [-0.4, -0.2) is 26.1 Å². The van der Waals surface area contributed by atoms with Crippen molar-refractivity contribution in [1.82, 2.24) is 0 Å². The number of rotatable bonds is 5. The molecule has 1 fully saturated rings. The van der Waals surface area contributed by atoms with Gasteiger partial charge in [-0.25, -0.2) is 0 Å². The molecule has 1 rings (SSSR count). The lowest BCUT2D eigenvalue weighted by Crippen LogP contribution is -2.39. The molecule has 1 saturated carbocycles. The van der Waals surface area contributed by atoms with Crippen molar-refractivity contribution >= 4 is 26.0 Å². The Balaban J connectivity index is 2.85. The summed E-state index contributed by atoms with van der Waals surface area (Å²) in [7, 11) is 0.820. The van der Waals surface area contributed by atoms with Crippen LogP contribution < -0.4 is 0 Å². The van der Waals surface area contributed by atoms with Crippen LogP contribution in [0, 0.1) is 11.3 Å². The molecule has 7 heteroatoms. The summed E-state index contributed by atoms with van der Waals surface area (Å²) < 4.78 is 25.9. The van der Waals surface area contributed by atoms with Crippen molar-refractivity contribution in [3.63, 3.8) is 0 Å². The van der Waals surface area contributed by atoms with E-state index in [0.29, 0.717) is 12.8 Å². The standard InChI is InChI=1S/C9H15ClO5S/c1-2-7-4-3-5-9(7,8(11)12)6-15-16(10,13)14/h7H,2-6H2,1H3,(H,11,12). The van der Waals surface area contributed by atoms with Crippen LogP contribution in [0.5, 0.6) is 0 Å². The predicted molar refractivity (Wildman–Crippen MR) is 58.4 cm³/mol. The maximum atomic E-state index is 11.3. The third-order valence-corrected chi connectivity index (χ3v) is 4.00. The average molecular weight is 271 g/mol. The maximum Gasteiger partial charge on any atom is 0.355 e. The number of carboxylic acid groups (broad SMARTS) is 1. The van der Waals surface area contributed by atoms with Crippen LogP contribution in [0.2, 0.25) is 0 Å². The molecule has 1 aliphatic rings. The quantitative estimate of drug-likeness (QED) is 0.770. The van der Waals surface area contributed by atoms with E-state index in [2.05, 4.69) is 4.18 Å². The summed E-state index contributed by atoms with van der Waals surface area (Å²) in [5.41, 5.74) is -1.10. The molecular formula is C9H15ClO5S. The first-order valence-corrected chi connectivity index (χ1v) is 7.37. The molecule has 2 atom stereocenters. The molecule has 0 radical (unpaired) electrons. The van der Waals surface area contributed by atoms with Crippen molar-refractivity contribution < 1.29 is 22.5 Å². The van der Waals surface area contributed by atoms with E-state index in [4.69, 9.17) is 10.7 Å². The van der Waals surface area contributed by atoms with Crippen molar-refractivity contribution in [2.75, 3.05) is 6.61 Å². The predicted octanol–water partition coefficient (Wildman–Crippen LogP) is 1.77. The van der Waals surface area contributed by atoms with Crippen molar-refractivity contribution in [1.29, 1.82) is 0 Å². The Bertz CT molecular complexity index is 366. The summed E-state index contributed by atoms with van der Waals surface area (Å²) in [4.78, 5) is 11.3. The molecule has 0 spiro atoms. The molecule has 1 aliphatic carbocycles. The van der Waals surface area contributed by atoms with Gasteiger partial charge in [0.15, 0.2) is 0 Å². The Morgan fingerprint density at radius 3 is 2.69 bits per heavy atom. The topological polar surface area (TPSA) is 80.7 Å². The molecule has 0 saturated heterocycles. The van der Waals surface area contributed by atoms with Gasteiger partial charge in [0, 0.05) is 10.7 Å². The fraction of sp³-hybridized carbons (Fsp3) is 0.889. The zero-order chi connectivity index (χ0) is 12.4. The van der Waals surface area contributed by atoms with Crippen LogP contribution in [0.4, 0.5) is 0 Å². The molecule has 2 unspecified atom stereocenters. The molecule has 1 N–H and O–H groups in total. The van der Waals surface area contributed by atoms with Crippen molar-refractivity contribution in [3.8, 4) is 0 Å². The molecule has 0 aromatic heterocycles. The highest BCUT2D eigenvalue weighted by Gasteiger charge is 2.49. The second-order valence-corrected chi connectivity index (χ2v) is 6.27. The summed E-state index contributed by atoms with van der Waals surface area (Å²) in [5.74, 6) is -1.06. The molecule has 0 amide bonds. The van der Waals surface area contributed by atoms with Gasteiger partial charge >= 0.3 is 15.3 Å². The van der Waals surface area contributed by atoms with Crippen LogP contribution in [0.15, 0.2) is 0 Å². The van der Waals surface area contributed by atoms with E-state index >= 15 is 0 Å². The number of carboxylic acids is 1. The zero-order valence-corrected chi connectivity index (χ0v) is 10.6. The summed E-state index contributed by atoms with van der Waals surface area (Å²) >= 11 is 0. The lowest BCUT2D eigenvalue weighted by atomic mass is 9.77. The highest BCUT2D eigenvalue weighted by molar-refractivity contribution is 8.09. The lowest BCUT2D eigenvalue weighted by molar-refractivity contribution is -0.153. The Morgan fingerprint density at radius 2 is 2.25 bits per heavy atom. The SMILES string of the molecule is CCC1CCCC1(COS(=O)(=O)Cl)C(=O)O. The van der Waals surface area contributed by atoms with E-state index in [1.165, 1.54) is 0 Å². The van der Waals surface area contributed by atoms with Crippen LogP contribution in [-0.2, 0) is 18.3 Å². The molecule has 0 aliphatic heterocycles. The summed E-state index contributed by atoms with van der Waals surface area (Å²) in [6.07, 6.45) is 2.69. The van der Waals surface area contributed by atoms with E-state index < -0.39 is 20.7 Å². The molecule has 94 valence electrons. The van der Waals surface area contributed by atoms with Crippen LogP contribution in [0.25, 0.3) is 0 Å². The Hall–Kier alpha value is -0.330. The second kappa shape index (κ2) is 4.89. The van der Waals surface area contributed by atoms with E-state index in [1.54, 1.807) is 0 Å². The lowest BCUT2D eigenvalue weighted by Gasteiger charge is -2.29. The molecule has 0 bridgehead atoms. The largest absolute Gasteiger partial charge is 0.481 e. The van der Waals surface area contributed by atoms with Gasteiger partial charge in [-0.3, -0.25) is 8.98 Å². The van der Waals surface area contributed by atoms with Gasteiger partial charge in [0.05, 0.1) is 12.0 Å². The fourth-order valence-electron chi connectivity index (χ4n) is 2.45. The summed E-state index contributed by atoms with van der Waals surface area (Å²) in [5, 5.41) is 9.24. The Morgan fingerprint density at radius 1 is 1.62 bits per heavy atom. The maximum absolute atomic E-state index is 11.3. The van der Waals surface area contributed by atoms with Crippen LogP contribution >= 0.6 is 10.7 Å². The minimum atomic E-state index is -4.11. The normalized spacial score (nSPS) is 30.5. The monoisotopic (exact) mass is 270 g/mol. The van der Waals surface area contributed by atoms with Gasteiger partial charge < -0.3 is 5.11 Å². The molecule has 16 heavy (non-hydrogen) atoms. The first-order chi connectivity index (χ1) is 7.32. The zero-order valence-electron chi connectivity index (χ0n) is 8.98. The highest BCUT2D eigenvalue weighted by atomic mass is 35.7. The van der Waals surface area contributed by atoms with Crippen molar-refractivity contribution in [2.45, 2.75) is 32.6 Å². The van der Waals surface area contributed by atoms with Crippen molar-refractivity contribution in [2.24, 2.45) is 11.3 Å². The van der Waals surface area contributed by atoms with Gasteiger partial charge in [0.2, 0.25) is 0 Å². The minimum Gasteiger partial charge on any atom is -0.481 e. The Labute approximate surface area is 99.4 Å². The van der Waals surface area contributed by atoms with Crippen molar-refractivity contribution in [3.05, 3.63) is 0 Å². The number of hydrogen-bond acceptors (Lipinski definition) is 4. The molecule has 0 heterocycles. The first kappa shape index (κ1) is 13.7. The Kier molecular flexibility index (Phi) is 4.20. The van der Waals surface area contributed by atoms with E-state index in [1.807, 2.05) is 6.92 Å². The van der Waals surface area contributed by atoms with Gasteiger partial charge in [0.25, 0.3) is 0 Å². The summed E-state index contributed by atoms with van der Waals surface area (Å²) in [6.45, 7) is 1.52. The smallest absolute Gasteiger partial charge is 0.355 e. The minimum absolute atomic E-state index is 0.0524. The second-order valence-electron chi connectivity index (χ2n) is 4.11. The van der Waals surface area contributed by atoms with Gasteiger partial charge in [-0.05, 0) is 18.8 Å². The molecular weight excluding hydrogens is 256 g/mol. The van der Waals surface area contributed by atoms with E-state index in [0.717, 1.165) is 12.8 Å². The van der Waals surface area contributed by atoms with E-state index in [-0.39, 0.29) is 12.5 Å². The third-order valence-electron chi connectivity index (χ3n) is 3.33. The van der Waals surface area contributed by atoms with Gasteiger partial charge in [0.1, 0.15) is 0 Å². The van der Waals surface area contributed by atoms with Gasteiger partial charge in [-0.1, -0.05) is 19.8 Å². The number of aliphatic carboxylic acids is 1. The number of carbonyl (C=O) groups is 1. The molecule has 0 aromatic carbocycles.